The van der Waals surface area contributed by atoms with Gasteiger partial charge < -0.3 is 9.64 Å². The topological polar surface area (TPSA) is 92.8 Å². The normalized spacial score (nSPS) is 17.6. The first-order valence-electron chi connectivity index (χ1n) is 10.6. The van der Waals surface area contributed by atoms with E-state index in [-0.39, 0.29) is 36.3 Å². The number of amides is 1. The minimum Gasteiger partial charge on any atom is -0.466 e. The fraction of sp³-hybridized carbons (Fsp3) is 0.391. The van der Waals surface area contributed by atoms with Gasteiger partial charge in [-0.3, -0.25) is 9.59 Å². The number of hydrogen-bond acceptors (Lipinski definition) is 5. The highest BCUT2D eigenvalue weighted by atomic mass is 79.9. The average Bonchev–Trinajstić information content (AvgIpc) is 2.79. The molecule has 1 saturated heterocycles. The molecule has 0 aliphatic carbocycles. The van der Waals surface area contributed by atoms with Gasteiger partial charge in [0.2, 0.25) is 15.9 Å². The van der Waals surface area contributed by atoms with Gasteiger partial charge in [0.1, 0.15) is 6.04 Å². The highest BCUT2D eigenvalue weighted by Crippen LogP contribution is 2.21. The van der Waals surface area contributed by atoms with Gasteiger partial charge in [0.15, 0.2) is 0 Å². The Bertz CT molecular complexity index is 1030. The minimum atomic E-state index is -3.93. The van der Waals surface area contributed by atoms with E-state index in [2.05, 4.69) is 20.7 Å². The average molecular weight is 523 g/mol. The third kappa shape index (κ3) is 6.40. The molecule has 0 spiro atoms. The van der Waals surface area contributed by atoms with Gasteiger partial charge in [-0.1, -0.05) is 46.3 Å². The van der Waals surface area contributed by atoms with Crippen LogP contribution in [0.25, 0.3) is 0 Å². The molecule has 1 N–H and O–H groups in total. The predicted molar refractivity (Wildman–Crippen MR) is 124 cm³/mol. The maximum Gasteiger partial charge on any atom is 0.310 e. The van der Waals surface area contributed by atoms with Crippen LogP contribution in [0.15, 0.2) is 64.0 Å². The van der Waals surface area contributed by atoms with E-state index in [1.165, 1.54) is 12.1 Å². The van der Waals surface area contributed by atoms with Crippen LogP contribution in [-0.4, -0.2) is 50.9 Å². The van der Waals surface area contributed by atoms with Gasteiger partial charge in [0.05, 0.1) is 17.4 Å². The van der Waals surface area contributed by atoms with Gasteiger partial charge in [-0.05, 0) is 56.0 Å². The number of hydrogen-bond donors (Lipinski definition) is 1. The number of benzene rings is 2. The lowest BCUT2D eigenvalue weighted by Gasteiger charge is -2.34. The van der Waals surface area contributed by atoms with E-state index in [0.717, 1.165) is 10.0 Å². The second kappa shape index (κ2) is 11.1. The first-order chi connectivity index (χ1) is 15.3. The quantitative estimate of drug-likeness (QED) is 0.537. The first-order valence-corrected chi connectivity index (χ1v) is 12.8. The van der Waals surface area contributed by atoms with E-state index in [0.29, 0.717) is 19.4 Å². The second-order valence-corrected chi connectivity index (χ2v) is 10.3. The molecule has 0 radical (unpaired) electrons. The molecule has 1 heterocycles. The Morgan fingerprint density at radius 1 is 1.16 bits per heavy atom. The summed E-state index contributed by atoms with van der Waals surface area (Å²) < 4.78 is 34.5. The molecule has 9 heteroatoms. The van der Waals surface area contributed by atoms with Crippen LogP contribution in [0.2, 0.25) is 0 Å². The molecule has 2 aromatic rings. The highest BCUT2D eigenvalue weighted by Gasteiger charge is 2.34. The molecule has 1 aliphatic rings. The van der Waals surface area contributed by atoms with E-state index < -0.39 is 22.0 Å². The summed E-state index contributed by atoms with van der Waals surface area (Å²) in [5.74, 6) is -1.06. The van der Waals surface area contributed by atoms with Gasteiger partial charge in [-0.15, -0.1) is 0 Å². The van der Waals surface area contributed by atoms with E-state index in [4.69, 9.17) is 4.74 Å². The van der Waals surface area contributed by atoms with Crippen molar-refractivity contribution in [2.45, 2.75) is 37.1 Å². The summed E-state index contributed by atoms with van der Waals surface area (Å²) in [5, 5.41) is 0. The number of sulfonamides is 1. The Morgan fingerprint density at radius 3 is 2.50 bits per heavy atom. The lowest BCUT2D eigenvalue weighted by molar-refractivity contribution is -0.151. The summed E-state index contributed by atoms with van der Waals surface area (Å²) >= 11 is 3.30. The number of ether oxygens (including phenoxy) is 1. The van der Waals surface area contributed by atoms with Crippen LogP contribution >= 0.6 is 15.9 Å². The number of nitrogens with zero attached hydrogens (tertiary/aromatic N) is 1. The molecule has 0 aromatic heterocycles. The number of esters is 1. The van der Waals surface area contributed by atoms with Crippen LogP contribution in [0.3, 0.4) is 0 Å². The molecule has 172 valence electrons. The number of halogens is 1. The van der Waals surface area contributed by atoms with Crippen molar-refractivity contribution in [3.63, 3.8) is 0 Å². The Hall–Kier alpha value is -2.23. The largest absolute Gasteiger partial charge is 0.466 e. The van der Waals surface area contributed by atoms with Gasteiger partial charge in [-0.2, -0.15) is 4.72 Å². The Kier molecular flexibility index (Phi) is 8.44. The van der Waals surface area contributed by atoms with Crippen molar-refractivity contribution >= 4 is 37.8 Å². The summed E-state index contributed by atoms with van der Waals surface area (Å²) in [4.78, 5) is 27.3. The molecule has 0 bridgehead atoms. The van der Waals surface area contributed by atoms with Crippen molar-refractivity contribution in [2.75, 3.05) is 19.7 Å². The Morgan fingerprint density at radius 2 is 1.84 bits per heavy atom. The van der Waals surface area contributed by atoms with E-state index >= 15 is 0 Å². The van der Waals surface area contributed by atoms with Crippen molar-refractivity contribution in [2.24, 2.45) is 5.92 Å². The molecule has 32 heavy (non-hydrogen) atoms. The summed E-state index contributed by atoms with van der Waals surface area (Å²) in [5.41, 5.74) is 0.836. The first kappa shape index (κ1) is 24.4. The minimum absolute atomic E-state index is 0.0783. The molecule has 1 amide bonds. The molecule has 2 unspecified atom stereocenters. The molecule has 3 rings (SSSR count). The van der Waals surface area contributed by atoms with Crippen LogP contribution in [0.1, 0.15) is 25.3 Å². The number of likely N-dealkylation sites (tertiary alicyclic amines) is 1. The molecule has 7 nitrogen and oxygen atoms in total. The number of piperidine rings is 1. The summed E-state index contributed by atoms with van der Waals surface area (Å²) in [6.07, 6.45) is 1.51. The van der Waals surface area contributed by atoms with Gasteiger partial charge in [0.25, 0.3) is 0 Å². The van der Waals surface area contributed by atoms with Crippen molar-refractivity contribution < 1.29 is 22.7 Å². The van der Waals surface area contributed by atoms with E-state index in [1.807, 2.05) is 30.3 Å². The van der Waals surface area contributed by atoms with Crippen molar-refractivity contribution in [1.29, 1.82) is 0 Å². The maximum absolute atomic E-state index is 13.4. The van der Waals surface area contributed by atoms with Crippen LogP contribution < -0.4 is 4.72 Å². The zero-order chi connectivity index (χ0) is 23.1. The van der Waals surface area contributed by atoms with Crippen LogP contribution in [0.4, 0.5) is 0 Å². The second-order valence-electron chi connectivity index (χ2n) is 7.69. The molecule has 1 aliphatic heterocycles. The van der Waals surface area contributed by atoms with E-state index in [1.54, 1.807) is 24.0 Å². The zero-order valence-corrected chi connectivity index (χ0v) is 20.3. The van der Waals surface area contributed by atoms with E-state index in [9.17, 15) is 18.0 Å². The van der Waals surface area contributed by atoms with Crippen LogP contribution in [-0.2, 0) is 30.8 Å². The molecular formula is C23H27BrN2O5S. The number of nitrogens with one attached hydrogen (secondary N) is 1. The molecule has 2 atom stereocenters. The van der Waals surface area contributed by atoms with Crippen LogP contribution in [0.5, 0.6) is 0 Å². The highest BCUT2D eigenvalue weighted by molar-refractivity contribution is 9.10. The van der Waals surface area contributed by atoms with Crippen LogP contribution in [0, 0.1) is 5.92 Å². The number of carbonyl (C=O) groups is 2. The van der Waals surface area contributed by atoms with Crippen molar-refractivity contribution in [1.82, 2.24) is 9.62 Å². The molecule has 0 saturated carbocycles. The van der Waals surface area contributed by atoms with Crippen molar-refractivity contribution in [3.05, 3.63) is 64.6 Å². The molecular weight excluding hydrogens is 496 g/mol. The lowest BCUT2D eigenvalue weighted by Crippen LogP contribution is -2.53. The standard InChI is InChI=1S/C23H27BrN2O5S/c1-2-31-23(28)18-9-6-14-26(16-18)22(27)21(15-17-7-4-3-5-8-17)25-32(29,30)20-12-10-19(24)11-13-20/h3-5,7-8,10-13,18,21,25H,2,6,9,14-16H2,1H3. The smallest absolute Gasteiger partial charge is 0.310 e. The monoisotopic (exact) mass is 522 g/mol. The summed E-state index contributed by atoms with van der Waals surface area (Å²) in [7, 11) is -3.93. The van der Waals surface area contributed by atoms with Gasteiger partial charge >= 0.3 is 5.97 Å². The lowest BCUT2D eigenvalue weighted by atomic mass is 9.97. The SMILES string of the molecule is CCOC(=O)C1CCCN(C(=O)C(Cc2ccccc2)NS(=O)(=O)c2ccc(Br)cc2)C1. The summed E-state index contributed by atoms with van der Waals surface area (Å²) in [6.45, 7) is 2.73. The zero-order valence-electron chi connectivity index (χ0n) is 17.9. The Balaban J connectivity index is 1.82. The molecule has 2 aromatic carbocycles. The third-order valence-electron chi connectivity index (χ3n) is 5.36. The predicted octanol–water partition coefficient (Wildman–Crippen LogP) is 3.14. The fourth-order valence-electron chi connectivity index (χ4n) is 3.75. The molecule has 1 fully saturated rings. The Labute approximate surface area is 197 Å². The van der Waals surface area contributed by atoms with Crippen molar-refractivity contribution in [3.8, 4) is 0 Å². The van der Waals surface area contributed by atoms with Gasteiger partial charge in [0, 0.05) is 17.6 Å². The fourth-order valence-corrected chi connectivity index (χ4v) is 5.20. The summed E-state index contributed by atoms with van der Waals surface area (Å²) in [6, 6.07) is 14.5. The van der Waals surface area contributed by atoms with Gasteiger partial charge in [-0.25, -0.2) is 8.42 Å². The number of rotatable bonds is 8. The maximum atomic E-state index is 13.4. The third-order valence-corrected chi connectivity index (χ3v) is 7.37. The number of carbonyl (C=O) groups excluding carboxylic acids is 2.